The van der Waals surface area contributed by atoms with E-state index in [9.17, 15) is 13.2 Å². The second kappa shape index (κ2) is 7.92. The lowest BCUT2D eigenvalue weighted by molar-refractivity contribution is -0.143. The van der Waals surface area contributed by atoms with Crippen LogP contribution in [0.25, 0.3) is 0 Å². The fraction of sp³-hybridized carbons (Fsp3) is 0.933. The highest BCUT2D eigenvalue weighted by Gasteiger charge is 2.39. The summed E-state index contributed by atoms with van der Waals surface area (Å²) in [6, 6.07) is -0.298. The normalized spacial score (nSPS) is 28.4. The summed E-state index contributed by atoms with van der Waals surface area (Å²) in [7, 11) is -3.53. The fourth-order valence-electron chi connectivity index (χ4n) is 3.54. The van der Waals surface area contributed by atoms with Crippen LogP contribution in [0.3, 0.4) is 0 Å². The van der Waals surface area contributed by atoms with Crippen LogP contribution in [0.5, 0.6) is 0 Å². The molecular weight excluding hydrogens is 322 g/mol. The van der Waals surface area contributed by atoms with Gasteiger partial charge in [0.2, 0.25) is 10.0 Å². The van der Waals surface area contributed by atoms with Gasteiger partial charge in [0, 0.05) is 38.7 Å². The average Bonchev–Trinajstić information content (AvgIpc) is 2.47. The first-order valence-electron chi connectivity index (χ1n) is 8.30. The SMILES string of the molecule is CCOC1(CS(=O)(=O)NC2CCCC(C(=O)O)C2)CCOCC1. The first-order valence-corrected chi connectivity index (χ1v) is 9.95. The molecule has 134 valence electrons. The molecule has 2 fully saturated rings. The van der Waals surface area contributed by atoms with Gasteiger partial charge in [0.25, 0.3) is 0 Å². The summed E-state index contributed by atoms with van der Waals surface area (Å²) >= 11 is 0. The van der Waals surface area contributed by atoms with Crippen LogP contribution in [0.2, 0.25) is 0 Å². The predicted octanol–water partition coefficient (Wildman–Crippen LogP) is 1.13. The Morgan fingerprint density at radius 2 is 2.04 bits per heavy atom. The summed E-state index contributed by atoms with van der Waals surface area (Å²) < 4.78 is 38.9. The quantitative estimate of drug-likeness (QED) is 0.714. The lowest BCUT2D eigenvalue weighted by Gasteiger charge is -2.37. The monoisotopic (exact) mass is 349 g/mol. The molecule has 0 aromatic carbocycles. The molecule has 0 spiro atoms. The number of rotatable bonds is 7. The molecule has 0 radical (unpaired) electrons. The first-order chi connectivity index (χ1) is 10.9. The number of hydrogen-bond acceptors (Lipinski definition) is 5. The highest BCUT2D eigenvalue weighted by atomic mass is 32.2. The molecule has 0 bridgehead atoms. The van der Waals surface area contributed by atoms with E-state index in [4.69, 9.17) is 14.6 Å². The zero-order chi connectivity index (χ0) is 16.9. The van der Waals surface area contributed by atoms with Crippen molar-refractivity contribution in [1.29, 1.82) is 0 Å². The van der Waals surface area contributed by atoms with Gasteiger partial charge in [-0.15, -0.1) is 0 Å². The van der Waals surface area contributed by atoms with Gasteiger partial charge < -0.3 is 14.6 Å². The summed E-state index contributed by atoms with van der Waals surface area (Å²) in [6.45, 7) is 3.32. The lowest BCUT2D eigenvalue weighted by atomic mass is 9.86. The summed E-state index contributed by atoms with van der Waals surface area (Å²) in [5, 5.41) is 9.12. The van der Waals surface area contributed by atoms with Gasteiger partial charge in [0.1, 0.15) is 0 Å². The van der Waals surface area contributed by atoms with Gasteiger partial charge in [-0.2, -0.15) is 0 Å². The van der Waals surface area contributed by atoms with Crippen molar-refractivity contribution in [2.45, 2.75) is 57.1 Å². The van der Waals surface area contributed by atoms with Gasteiger partial charge in [0.05, 0.1) is 17.3 Å². The molecule has 1 heterocycles. The van der Waals surface area contributed by atoms with Crippen molar-refractivity contribution in [3.05, 3.63) is 0 Å². The number of sulfonamides is 1. The summed E-state index contributed by atoms with van der Waals surface area (Å²) in [4.78, 5) is 11.1. The van der Waals surface area contributed by atoms with Crippen molar-refractivity contribution >= 4 is 16.0 Å². The molecular formula is C15H27NO6S. The van der Waals surface area contributed by atoms with E-state index in [0.717, 1.165) is 6.42 Å². The van der Waals surface area contributed by atoms with E-state index in [1.54, 1.807) is 0 Å². The zero-order valence-corrected chi connectivity index (χ0v) is 14.4. The van der Waals surface area contributed by atoms with Crippen LogP contribution in [-0.2, 0) is 24.3 Å². The highest BCUT2D eigenvalue weighted by Crippen LogP contribution is 2.29. The van der Waals surface area contributed by atoms with Gasteiger partial charge in [-0.1, -0.05) is 6.42 Å². The standard InChI is InChI=1S/C15H27NO6S/c1-2-22-15(6-8-21-9-7-15)11-23(19,20)16-13-5-3-4-12(10-13)14(17)18/h12-13,16H,2-11H2,1H3,(H,17,18). The molecule has 2 rings (SSSR count). The number of hydrogen-bond donors (Lipinski definition) is 2. The highest BCUT2D eigenvalue weighted by molar-refractivity contribution is 7.89. The number of aliphatic carboxylic acids is 1. The summed E-state index contributed by atoms with van der Waals surface area (Å²) in [5.41, 5.74) is -0.695. The minimum Gasteiger partial charge on any atom is -0.481 e. The number of carbonyl (C=O) groups is 1. The van der Waals surface area contributed by atoms with E-state index in [0.29, 0.717) is 51.9 Å². The van der Waals surface area contributed by atoms with Crippen LogP contribution in [-0.4, -0.2) is 56.7 Å². The Bertz CT molecular complexity index is 495. The van der Waals surface area contributed by atoms with Crippen LogP contribution in [0, 0.1) is 5.92 Å². The Labute approximate surface area is 137 Å². The van der Waals surface area contributed by atoms with Crippen LogP contribution in [0.1, 0.15) is 45.4 Å². The molecule has 1 aliphatic heterocycles. The molecule has 1 saturated carbocycles. The number of carboxylic acids is 1. The molecule has 8 heteroatoms. The number of carboxylic acid groups (broad SMARTS) is 1. The van der Waals surface area contributed by atoms with E-state index in [1.165, 1.54) is 0 Å². The Morgan fingerprint density at radius 3 is 2.65 bits per heavy atom. The zero-order valence-electron chi connectivity index (χ0n) is 13.6. The second-order valence-corrected chi connectivity index (χ2v) is 8.26. The summed E-state index contributed by atoms with van der Waals surface area (Å²) in [6.07, 6.45) is 3.52. The van der Waals surface area contributed by atoms with Gasteiger partial charge in [-0.25, -0.2) is 13.1 Å². The molecule has 0 amide bonds. The third-order valence-corrected chi connectivity index (χ3v) is 6.28. The minimum atomic E-state index is -3.53. The van der Waals surface area contributed by atoms with E-state index >= 15 is 0 Å². The van der Waals surface area contributed by atoms with Gasteiger partial charge >= 0.3 is 5.97 Å². The van der Waals surface area contributed by atoms with Crippen molar-refractivity contribution in [2.24, 2.45) is 5.92 Å². The maximum absolute atomic E-state index is 12.5. The van der Waals surface area contributed by atoms with E-state index in [2.05, 4.69) is 4.72 Å². The summed E-state index contributed by atoms with van der Waals surface area (Å²) in [5.74, 6) is -1.39. The van der Waals surface area contributed by atoms with Crippen molar-refractivity contribution in [3.8, 4) is 0 Å². The van der Waals surface area contributed by atoms with E-state index in [1.807, 2.05) is 6.92 Å². The van der Waals surface area contributed by atoms with Crippen molar-refractivity contribution in [1.82, 2.24) is 4.72 Å². The molecule has 23 heavy (non-hydrogen) atoms. The maximum Gasteiger partial charge on any atom is 0.306 e. The molecule has 1 aliphatic carbocycles. The van der Waals surface area contributed by atoms with E-state index < -0.39 is 27.5 Å². The molecule has 7 nitrogen and oxygen atoms in total. The molecule has 2 unspecified atom stereocenters. The third kappa shape index (κ3) is 5.41. The predicted molar refractivity (Wildman–Crippen MR) is 84.7 cm³/mol. The van der Waals surface area contributed by atoms with Gasteiger partial charge in [-0.05, 0) is 26.2 Å². The number of ether oxygens (including phenoxy) is 2. The lowest BCUT2D eigenvalue weighted by Crippen LogP contribution is -2.50. The molecule has 2 aliphatic rings. The Hall–Kier alpha value is -0.700. The third-order valence-electron chi connectivity index (χ3n) is 4.68. The topological polar surface area (TPSA) is 102 Å². The fourth-order valence-corrected chi connectivity index (χ4v) is 5.41. The molecule has 2 N–H and O–H groups in total. The Morgan fingerprint density at radius 1 is 1.35 bits per heavy atom. The largest absolute Gasteiger partial charge is 0.481 e. The van der Waals surface area contributed by atoms with Crippen LogP contribution >= 0.6 is 0 Å². The van der Waals surface area contributed by atoms with Gasteiger partial charge in [0.15, 0.2) is 0 Å². The molecule has 0 aromatic heterocycles. The van der Waals surface area contributed by atoms with Crippen molar-refractivity contribution in [2.75, 3.05) is 25.6 Å². The first kappa shape index (κ1) is 18.6. The van der Waals surface area contributed by atoms with E-state index in [-0.39, 0.29) is 11.8 Å². The van der Waals surface area contributed by atoms with Crippen molar-refractivity contribution < 1.29 is 27.8 Å². The molecule has 0 aromatic rings. The van der Waals surface area contributed by atoms with Crippen LogP contribution in [0.15, 0.2) is 0 Å². The molecule has 1 saturated heterocycles. The van der Waals surface area contributed by atoms with Gasteiger partial charge in [-0.3, -0.25) is 4.79 Å². The van der Waals surface area contributed by atoms with Crippen LogP contribution < -0.4 is 4.72 Å². The van der Waals surface area contributed by atoms with Crippen LogP contribution in [0.4, 0.5) is 0 Å². The average molecular weight is 349 g/mol. The molecule has 2 atom stereocenters. The van der Waals surface area contributed by atoms with Crippen molar-refractivity contribution in [3.63, 3.8) is 0 Å². The second-order valence-electron chi connectivity index (χ2n) is 6.50. The Balaban J connectivity index is 1.98. The minimum absolute atomic E-state index is 0.0918. The Kier molecular flexibility index (Phi) is 6.41. The number of nitrogens with one attached hydrogen (secondary N) is 1. The maximum atomic E-state index is 12.5. The smallest absolute Gasteiger partial charge is 0.306 e.